The zero-order valence-electron chi connectivity index (χ0n) is 15.2. The molecule has 1 aromatic heterocycles. The van der Waals surface area contributed by atoms with Gasteiger partial charge in [-0.15, -0.1) is 0 Å². The third-order valence-electron chi connectivity index (χ3n) is 5.06. The van der Waals surface area contributed by atoms with Crippen molar-refractivity contribution in [2.24, 2.45) is 0 Å². The normalized spacial score (nSPS) is 14.7. The number of nitrogens with one attached hydrogen (secondary N) is 1. The van der Waals surface area contributed by atoms with Crippen molar-refractivity contribution in [2.45, 2.75) is 13.0 Å². The molecule has 27 heavy (non-hydrogen) atoms. The van der Waals surface area contributed by atoms with Crippen molar-refractivity contribution in [3.8, 4) is 0 Å². The van der Waals surface area contributed by atoms with Gasteiger partial charge in [0, 0.05) is 57.3 Å². The Labute approximate surface area is 157 Å². The Kier molecular flexibility index (Phi) is 4.91. The monoisotopic (exact) mass is 365 g/mol. The number of imidazole rings is 1. The second-order valence-corrected chi connectivity index (χ2v) is 6.77. The van der Waals surface area contributed by atoms with Crippen molar-refractivity contribution in [2.75, 3.05) is 47.8 Å². The quantitative estimate of drug-likeness (QED) is 0.503. The van der Waals surface area contributed by atoms with Crippen molar-refractivity contribution in [1.82, 2.24) is 9.55 Å². The molecule has 1 fully saturated rings. The largest absolute Gasteiger partial charge is 0.380 e. The van der Waals surface area contributed by atoms with Gasteiger partial charge in [-0.1, -0.05) is 18.2 Å². The first kappa shape index (κ1) is 17.3. The number of hydrogen-bond acceptors (Lipinski definition) is 6. The fourth-order valence-corrected chi connectivity index (χ4v) is 3.57. The van der Waals surface area contributed by atoms with Crippen LogP contribution in [0.1, 0.15) is 6.42 Å². The van der Waals surface area contributed by atoms with Gasteiger partial charge in [0.1, 0.15) is 11.4 Å². The maximum Gasteiger partial charge on any atom is 0.253 e. The van der Waals surface area contributed by atoms with Crippen LogP contribution in [0.4, 0.5) is 17.1 Å². The average Bonchev–Trinajstić information content (AvgIpc) is 3.24. The molecule has 4 rings (SSSR count). The maximum atomic E-state index is 12.1. The summed E-state index contributed by atoms with van der Waals surface area (Å²) in [5.41, 5.74) is 1.49. The number of piperazine rings is 1. The predicted octanol–water partition coefficient (Wildman–Crippen LogP) is 1.31. The molecule has 140 valence electrons. The van der Waals surface area contributed by atoms with E-state index in [-0.39, 0.29) is 5.43 Å². The van der Waals surface area contributed by atoms with Gasteiger partial charge >= 0.3 is 0 Å². The molecule has 0 radical (unpaired) electrons. The van der Waals surface area contributed by atoms with Crippen LogP contribution < -0.4 is 26.0 Å². The fourth-order valence-electron chi connectivity index (χ4n) is 3.57. The summed E-state index contributed by atoms with van der Waals surface area (Å²) in [5, 5.41) is 3.17. The molecule has 0 amide bonds. The first-order valence-corrected chi connectivity index (χ1v) is 9.32. The summed E-state index contributed by atoms with van der Waals surface area (Å²) in [4.78, 5) is 32.5. The van der Waals surface area contributed by atoms with Gasteiger partial charge in [-0.3, -0.25) is 9.59 Å². The molecule has 2 heterocycles. The third-order valence-corrected chi connectivity index (χ3v) is 5.06. The lowest BCUT2D eigenvalue weighted by Crippen LogP contribution is -2.51. The first-order chi connectivity index (χ1) is 13.2. The fraction of sp³-hybridized carbons (Fsp3) is 0.350. The van der Waals surface area contributed by atoms with Crippen LogP contribution in [0.2, 0.25) is 0 Å². The lowest BCUT2D eigenvalue weighted by atomic mass is 10.1. The van der Waals surface area contributed by atoms with E-state index in [1.807, 2.05) is 33.9 Å². The second-order valence-electron chi connectivity index (χ2n) is 6.77. The number of nitrogens with zero attached hydrogens (tertiary/aromatic N) is 4. The Morgan fingerprint density at radius 2 is 1.70 bits per heavy atom. The number of benzene rings is 1. The Balaban J connectivity index is 1.34. The second kappa shape index (κ2) is 7.65. The Morgan fingerprint density at radius 3 is 2.41 bits per heavy atom. The molecule has 1 N–H and O–H groups in total. The van der Waals surface area contributed by atoms with Gasteiger partial charge in [-0.2, -0.15) is 0 Å². The van der Waals surface area contributed by atoms with Crippen LogP contribution in [-0.2, 0) is 6.54 Å². The van der Waals surface area contributed by atoms with Crippen molar-refractivity contribution in [3.05, 3.63) is 69.5 Å². The summed E-state index contributed by atoms with van der Waals surface area (Å²) in [7, 11) is 0. The lowest BCUT2D eigenvalue weighted by molar-refractivity contribution is 0.647. The highest BCUT2D eigenvalue weighted by Gasteiger charge is 2.28. The van der Waals surface area contributed by atoms with Crippen LogP contribution >= 0.6 is 0 Å². The Hall–Kier alpha value is -3.09. The summed E-state index contributed by atoms with van der Waals surface area (Å²) < 4.78 is 1.99. The predicted molar refractivity (Wildman–Crippen MR) is 108 cm³/mol. The minimum Gasteiger partial charge on any atom is -0.380 e. The lowest BCUT2D eigenvalue weighted by Gasteiger charge is -2.38. The highest BCUT2D eigenvalue weighted by atomic mass is 16.2. The third kappa shape index (κ3) is 3.58. The van der Waals surface area contributed by atoms with Crippen molar-refractivity contribution < 1.29 is 0 Å². The van der Waals surface area contributed by atoms with E-state index >= 15 is 0 Å². The molecule has 0 saturated carbocycles. The number of anilines is 3. The average molecular weight is 365 g/mol. The number of hydrogen-bond donors (Lipinski definition) is 1. The van der Waals surface area contributed by atoms with Crippen LogP contribution in [0.3, 0.4) is 0 Å². The summed E-state index contributed by atoms with van der Waals surface area (Å²) in [6.45, 7) is 4.63. The molecule has 1 aliphatic rings. The molecule has 0 aliphatic carbocycles. The van der Waals surface area contributed by atoms with Crippen LogP contribution in [-0.4, -0.2) is 42.3 Å². The van der Waals surface area contributed by atoms with Gasteiger partial charge in [0.25, 0.3) is 10.9 Å². The van der Waals surface area contributed by atoms with Crippen LogP contribution in [0, 0.1) is 0 Å². The van der Waals surface area contributed by atoms with E-state index in [2.05, 4.69) is 27.3 Å². The molecule has 0 spiro atoms. The number of aromatic nitrogens is 2. The van der Waals surface area contributed by atoms with Crippen molar-refractivity contribution >= 4 is 17.1 Å². The minimum atomic E-state index is -0.391. The van der Waals surface area contributed by atoms with Crippen LogP contribution in [0.25, 0.3) is 0 Å². The van der Waals surface area contributed by atoms with E-state index in [0.717, 1.165) is 39.1 Å². The molecule has 7 nitrogen and oxygen atoms in total. The van der Waals surface area contributed by atoms with Crippen molar-refractivity contribution in [3.63, 3.8) is 0 Å². The molecule has 0 bridgehead atoms. The zero-order chi connectivity index (χ0) is 18.6. The van der Waals surface area contributed by atoms with Gasteiger partial charge in [-0.25, -0.2) is 4.98 Å². The van der Waals surface area contributed by atoms with E-state index in [0.29, 0.717) is 17.9 Å². The summed E-state index contributed by atoms with van der Waals surface area (Å²) in [6.07, 6.45) is 6.29. The Morgan fingerprint density at radius 1 is 0.963 bits per heavy atom. The molecule has 0 unspecified atom stereocenters. The Bertz CT molecular complexity index is 937. The number of para-hydroxylation sites is 1. The van der Waals surface area contributed by atoms with Gasteiger partial charge < -0.3 is 19.7 Å². The highest BCUT2D eigenvalue weighted by Crippen LogP contribution is 2.23. The van der Waals surface area contributed by atoms with E-state index in [9.17, 15) is 9.59 Å². The van der Waals surface area contributed by atoms with Gasteiger partial charge in [0.15, 0.2) is 0 Å². The molecular weight excluding hydrogens is 342 g/mol. The molecule has 0 atom stereocenters. The maximum absolute atomic E-state index is 12.1. The number of rotatable bonds is 7. The van der Waals surface area contributed by atoms with Gasteiger partial charge in [0.05, 0.1) is 6.33 Å². The first-order valence-electron chi connectivity index (χ1n) is 9.32. The molecule has 2 aromatic carbocycles. The van der Waals surface area contributed by atoms with Crippen LogP contribution in [0.15, 0.2) is 58.6 Å². The van der Waals surface area contributed by atoms with Crippen LogP contribution in [0.5, 0.6) is 0 Å². The standard InChI is InChI=1S/C20H23N5O2/c26-19-17(22-7-4-9-23-10-8-21-15-23)18(20(19)27)25-13-11-24(12-14-25)16-5-2-1-3-6-16/h1-3,5-6,8,10,15,22H,4,7,9,11-14H2. The molecule has 7 heteroatoms. The topological polar surface area (TPSA) is 70.5 Å². The van der Waals surface area contributed by atoms with Gasteiger partial charge in [0.2, 0.25) is 0 Å². The van der Waals surface area contributed by atoms with E-state index < -0.39 is 5.43 Å². The SMILES string of the molecule is O=c1c(NCCCn2ccnc2)c(N2CCN(c3ccccc3)CC2)c1=O. The van der Waals surface area contributed by atoms with E-state index in [4.69, 9.17) is 0 Å². The molecule has 1 saturated heterocycles. The number of aryl methyl sites for hydroxylation is 1. The van der Waals surface area contributed by atoms with Gasteiger partial charge in [-0.05, 0) is 18.6 Å². The van der Waals surface area contributed by atoms with E-state index in [1.165, 1.54) is 5.69 Å². The molecule has 1 aliphatic heterocycles. The molecular formula is C20H23N5O2. The highest BCUT2D eigenvalue weighted by molar-refractivity contribution is 5.75. The minimum absolute atomic E-state index is 0.361. The smallest absolute Gasteiger partial charge is 0.253 e. The van der Waals surface area contributed by atoms with E-state index in [1.54, 1.807) is 12.5 Å². The summed E-state index contributed by atoms with van der Waals surface area (Å²) >= 11 is 0. The molecule has 3 aromatic rings. The zero-order valence-corrected chi connectivity index (χ0v) is 15.2. The summed E-state index contributed by atoms with van der Waals surface area (Å²) in [6, 6.07) is 10.3. The summed E-state index contributed by atoms with van der Waals surface area (Å²) in [5.74, 6) is 0. The van der Waals surface area contributed by atoms with Crippen molar-refractivity contribution in [1.29, 1.82) is 0 Å².